The fourth-order valence-electron chi connectivity index (χ4n) is 2.08. The number of piperidine rings is 1. The number of carbonyl (C=O) groups is 1. The second-order valence-corrected chi connectivity index (χ2v) is 5.48. The number of Topliss-reactive ketones (excluding diaryl/α,β-unsaturated/α-hetero) is 1. The SMILES string of the molecule is CC1(C(=O)C2=CCCS2)CCNCC1. The van der Waals surface area contributed by atoms with Crippen LogP contribution in [0.25, 0.3) is 0 Å². The van der Waals surface area contributed by atoms with Gasteiger partial charge >= 0.3 is 0 Å². The number of ketones is 1. The highest BCUT2D eigenvalue weighted by atomic mass is 32.2. The molecule has 0 aromatic heterocycles. The van der Waals surface area contributed by atoms with Crippen molar-refractivity contribution in [3.05, 3.63) is 11.0 Å². The van der Waals surface area contributed by atoms with E-state index in [0.29, 0.717) is 5.78 Å². The maximum Gasteiger partial charge on any atom is 0.174 e. The van der Waals surface area contributed by atoms with Crippen LogP contribution < -0.4 is 5.32 Å². The van der Waals surface area contributed by atoms with E-state index in [4.69, 9.17) is 0 Å². The average Bonchev–Trinajstić information content (AvgIpc) is 2.70. The van der Waals surface area contributed by atoms with Gasteiger partial charge in [0, 0.05) is 16.1 Å². The molecule has 1 N–H and O–H groups in total. The van der Waals surface area contributed by atoms with Gasteiger partial charge in [-0.3, -0.25) is 4.79 Å². The Bertz CT molecular complexity index is 266. The summed E-state index contributed by atoms with van der Waals surface area (Å²) in [5.74, 6) is 1.48. The van der Waals surface area contributed by atoms with Gasteiger partial charge in [0.15, 0.2) is 5.78 Å². The zero-order valence-electron chi connectivity index (χ0n) is 8.64. The normalized spacial score (nSPS) is 25.9. The Labute approximate surface area is 89.5 Å². The third-order valence-corrected chi connectivity index (χ3v) is 4.29. The monoisotopic (exact) mass is 211 g/mol. The number of thioether (sulfide) groups is 1. The van der Waals surface area contributed by atoms with E-state index in [-0.39, 0.29) is 5.41 Å². The standard InChI is InChI=1S/C11H17NOS/c1-11(4-6-12-7-5-11)10(13)9-3-2-8-14-9/h3,12H,2,4-8H2,1H3. The number of hydrogen-bond donors (Lipinski definition) is 1. The lowest BCUT2D eigenvalue weighted by Gasteiger charge is -2.32. The zero-order valence-corrected chi connectivity index (χ0v) is 9.45. The van der Waals surface area contributed by atoms with Crippen LogP contribution in [-0.2, 0) is 4.79 Å². The Morgan fingerprint density at radius 3 is 2.79 bits per heavy atom. The van der Waals surface area contributed by atoms with Gasteiger partial charge in [0.25, 0.3) is 0 Å². The van der Waals surface area contributed by atoms with Crippen molar-refractivity contribution in [3.63, 3.8) is 0 Å². The van der Waals surface area contributed by atoms with E-state index >= 15 is 0 Å². The first-order valence-electron chi connectivity index (χ1n) is 5.31. The van der Waals surface area contributed by atoms with Crippen LogP contribution >= 0.6 is 11.8 Å². The van der Waals surface area contributed by atoms with Crippen molar-refractivity contribution >= 4 is 17.5 Å². The van der Waals surface area contributed by atoms with E-state index < -0.39 is 0 Å². The van der Waals surface area contributed by atoms with Crippen LogP contribution in [0.2, 0.25) is 0 Å². The van der Waals surface area contributed by atoms with Gasteiger partial charge in [-0.15, -0.1) is 11.8 Å². The van der Waals surface area contributed by atoms with Gasteiger partial charge in [0.05, 0.1) is 0 Å². The van der Waals surface area contributed by atoms with E-state index in [2.05, 4.69) is 18.3 Å². The summed E-state index contributed by atoms with van der Waals surface area (Å²) in [5, 5.41) is 3.31. The molecule has 0 saturated carbocycles. The number of carbonyl (C=O) groups excluding carboxylic acids is 1. The Kier molecular flexibility index (Phi) is 2.98. The van der Waals surface area contributed by atoms with Gasteiger partial charge in [-0.2, -0.15) is 0 Å². The molecule has 0 aromatic rings. The van der Waals surface area contributed by atoms with Gasteiger partial charge in [-0.05, 0) is 32.4 Å². The molecule has 1 fully saturated rings. The van der Waals surface area contributed by atoms with E-state index in [1.807, 2.05) is 0 Å². The molecule has 2 aliphatic rings. The van der Waals surface area contributed by atoms with Gasteiger partial charge in [0.1, 0.15) is 0 Å². The molecular formula is C11H17NOS. The lowest BCUT2D eigenvalue weighted by atomic mass is 9.77. The largest absolute Gasteiger partial charge is 0.317 e. The third-order valence-electron chi connectivity index (χ3n) is 3.18. The predicted octanol–water partition coefficient (Wildman–Crippen LogP) is 1.97. The van der Waals surface area contributed by atoms with Crippen LogP contribution in [0.4, 0.5) is 0 Å². The van der Waals surface area contributed by atoms with Crippen molar-refractivity contribution in [2.45, 2.75) is 26.2 Å². The van der Waals surface area contributed by atoms with Crippen LogP contribution in [-0.4, -0.2) is 24.6 Å². The van der Waals surface area contributed by atoms with Crippen LogP contribution in [0, 0.1) is 5.41 Å². The summed E-state index contributed by atoms with van der Waals surface area (Å²) >= 11 is 1.73. The molecule has 14 heavy (non-hydrogen) atoms. The van der Waals surface area contributed by atoms with Crippen molar-refractivity contribution in [3.8, 4) is 0 Å². The molecule has 78 valence electrons. The Hall–Kier alpha value is -0.280. The minimum absolute atomic E-state index is 0.0889. The van der Waals surface area contributed by atoms with E-state index in [9.17, 15) is 4.79 Å². The molecule has 0 bridgehead atoms. The molecule has 2 aliphatic heterocycles. The van der Waals surface area contributed by atoms with Crippen LogP contribution in [0.1, 0.15) is 26.2 Å². The molecule has 0 radical (unpaired) electrons. The molecule has 2 nitrogen and oxygen atoms in total. The quantitative estimate of drug-likeness (QED) is 0.757. The lowest BCUT2D eigenvalue weighted by Crippen LogP contribution is -2.40. The molecular weight excluding hydrogens is 194 g/mol. The topological polar surface area (TPSA) is 29.1 Å². The second-order valence-electron chi connectivity index (χ2n) is 4.35. The summed E-state index contributed by atoms with van der Waals surface area (Å²) < 4.78 is 0. The van der Waals surface area contributed by atoms with Crippen LogP contribution in [0.15, 0.2) is 11.0 Å². The summed E-state index contributed by atoms with van der Waals surface area (Å²) in [4.78, 5) is 13.2. The fourth-order valence-corrected chi connectivity index (χ4v) is 3.15. The molecule has 0 aromatic carbocycles. The maximum atomic E-state index is 12.2. The lowest BCUT2D eigenvalue weighted by molar-refractivity contribution is -0.124. The predicted molar refractivity (Wildman–Crippen MR) is 60.4 cm³/mol. The highest BCUT2D eigenvalue weighted by Crippen LogP contribution is 2.37. The van der Waals surface area contributed by atoms with E-state index in [1.54, 1.807) is 11.8 Å². The zero-order chi connectivity index (χ0) is 10.0. The number of rotatable bonds is 2. The molecule has 2 rings (SSSR count). The Morgan fingerprint density at radius 1 is 1.50 bits per heavy atom. The first-order valence-corrected chi connectivity index (χ1v) is 6.29. The number of hydrogen-bond acceptors (Lipinski definition) is 3. The maximum absolute atomic E-state index is 12.2. The average molecular weight is 211 g/mol. The number of allylic oxidation sites excluding steroid dienone is 2. The molecule has 1 saturated heterocycles. The van der Waals surface area contributed by atoms with Crippen LogP contribution in [0.3, 0.4) is 0 Å². The Morgan fingerprint density at radius 2 is 2.21 bits per heavy atom. The minimum Gasteiger partial charge on any atom is -0.317 e. The first kappa shape index (κ1) is 10.2. The smallest absolute Gasteiger partial charge is 0.174 e. The third kappa shape index (κ3) is 1.89. The minimum atomic E-state index is -0.0889. The van der Waals surface area contributed by atoms with Crippen molar-refractivity contribution in [1.29, 1.82) is 0 Å². The molecule has 0 spiro atoms. The molecule has 0 aliphatic carbocycles. The summed E-state index contributed by atoms with van der Waals surface area (Å²) in [7, 11) is 0. The first-order chi connectivity index (χ1) is 6.72. The van der Waals surface area contributed by atoms with Gasteiger partial charge in [-0.1, -0.05) is 13.0 Å². The highest BCUT2D eigenvalue weighted by Gasteiger charge is 2.36. The van der Waals surface area contributed by atoms with Crippen molar-refractivity contribution in [2.24, 2.45) is 5.41 Å². The van der Waals surface area contributed by atoms with Gasteiger partial charge in [0.2, 0.25) is 0 Å². The van der Waals surface area contributed by atoms with Crippen molar-refractivity contribution < 1.29 is 4.79 Å². The van der Waals surface area contributed by atoms with Crippen LogP contribution in [0.5, 0.6) is 0 Å². The summed E-state index contributed by atoms with van der Waals surface area (Å²) in [6.07, 6.45) is 5.16. The van der Waals surface area contributed by atoms with Crippen molar-refractivity contribution in [2.75, 3.05) is 18.8 Å². The van der Waals surface area contributed by atoms with Crippen molar-refractivity contribution in [1.82, 2.24) is 5.32 Å². The molecule has 0 unspecified atom stereocenters. The van der Waals surface area contributed by atoms with Gasteiger partial charge in [-0.25, -0.2) is 0 Å². The second kappa shape index (κ2) is 4.07. The molecule has 3 heteroatoms. The number of nitrogens with one attached hydrogen (secondary N) is 1. The molecule has 0 amide bonds. The highest BCUT2D eigenvalue weighted by molar-refractivity contribution is 8.04. The van der Waals surface area contributed by atoms with Gasteiger partial charge < -0.3 is 5.32 Å². The van der Waals surface area contributed by atoms with E-state index in [0.717, 1.165) is 43.0 Å². The summed E-state index contributed by atoms with van der Waals surface area (Å²) in [6.45, 7) is 4.09. The fraction of sp³-hybridized carbons (Fsp3) is 0.727. The summed E-state index contributed by atoms with van der Waals surface area (Å²) in [5.41, 5.74) is -0.0889. The molecule has 0 atom stereocenters. The Balaban J connectivity index is 2.08. The van der Waals surface area contributed by atoms with E-state index in [1.165, 1.54) is 0 Å². The molecule has 2 heterocycles. The summed E-state index contributed by atoms with van der Waals surface area (Å²) in [6, 6.07) is 0.